The zero-order valence-electron chi connectivity index (χ0n) is 11.0. The number of aromatic nitrogens is 2. The summed E-state index contributed by atoms with van der Waals surface area (Å²) in [5, 5.41) is 24.2. The molecule has 1 atom stereocenters. The van der Waals surface area contributed by atoms with Crippen molar-refractivity contribution in [3.05, 3.63) is 65.9 Å². The Kier molecular flexibility index (Phi) is 3.50. The van der Waals surface area contributed by atoms with Gasteiger partial charge in [0.05, 0.1) is 24.9 Å². The van der Waals surface area contributed by atoms with E-state index in [2.05, 4.69) is 17.2 Å². The normalized spacial score (nSPS) is 12.7. The Morgan fingerprint density at radius 3 is 2.65 bits per heavy atom. The van der Waals surface area contributed by atoms with Crippen molar-refractivity contribution in [2.45, 2.75) is 12.6 Å². The molecular formula is C16H16N2O2. The molecule has 1 heterocycles. The molecule has 0 spiro atoms. The molecule has 0 aliphatic carbocycles. The molecule has 3 aromatic rings. The Morgan fingerprint density at radius 1 is 1.10 bits per heavy atom. The van der Waals surface area contributed by atoms with Gasteiger partial charge in [0.2, 0.25) is 0 Å². The molecule has 2 aromatic carbocycles. The molecule has 2 N–H and O–H groups in total. The number of aliphatic hydroxyl groups is 2. The average Bonchev–Trinajstić information content (AvgIpc) is 2.90. The van der Waals surface area contributed by atoms with Crippen LogP contribution >= 0.6 is 0 Å². The molecule has 4 nitrogen and oxygen atoms in total. The average molecular weight is 268 g/mol. The molecule has 3 rings (SSSR count). The van der Waals surface area contributed by atoms with Crippen LogP contribution in [0.1, 0.15) is 17.2 Å². The largest absolute Gasteiger partial charge is 0.393 e. The van der Waals surface area contributed by atoms with Crippen LogP contribution in [-0.2, 0) is 6.54 Å². The van der Waals surface area contributed by atoms with Crippen LogP contribution in [0.15, 0.2) is 54.7 Å². The van der Waals surface area contributed by atoms with E-state index in [0.717, 1.165) is 10.9 Å². The summed E-state index contributed by atoms with van der Waals surface area (Å²) in [6.07, 6.45) is 0.965. The monoisotopic (exact) mass is 268 g/mol. The molecule has 0 aliphatic heterocycles. The molecule has 1 aromatic heterocycles. The van der Waals surface area contributed by atoms with Crippen molar-refractivity contribution < 1.29 is 10.2 Å². The minimum atomic E-state index is -0.848. The number of nitrogens with zero attached hydrogens (tertiary/aromatic N) is 2. The van der Waals surface area contributed by atoms with Crippen LogP contribution in [0.2, 0.25) is 0 Å². The first-order valence-corrected chi connectivity index (χ1v) is 6.56. The van der Waals surface area contributed by atoms with Gasteiger partial charge in [0.25, 0.3) is 0 Å². The predicted molar refractivity (Wildman–Crippen MR) is 77.3 cm³/mol. The predicted octanol–water partition coefficient (Wildman–Crippen LogP) is 2.11. The first kappa shape index (κ1) is 12.8. The van der Waals surface area contributed by atoms with Gasteiger partial charge in [-0.3, -0.25) is 4.68 Å². The van der Waals surface area contributed by atoms with Crippen molar-refractivity contribution in [3.8, 4) is 0 Å². The molecule has 1 unspecified atom stereocenters. The number of fused-ring (bicyclic) bond motifs is 1. The minimum Gasteiger partial charge on any atom is -0.393 e. The zero-order chi connectivity index (χ0) is 13.9. The molecule has 0 amide bonds. The van der Waals surface area contributed by atoms with Crippen molar-refractivity contribution in [2.75, 3.05) is 6.61 Å². The van der Waals surface area contributed by atoms with E-state index in [0.29, 0.717) is 12.1 Å². The standard InChI is InChI=1S/C16H16N2O2/c19-11-16(20)13-6-7-14-9-17-18(15(14)8-13)10-12-4-2-1-3-5-12/h1-9,16,19-20H,10-11H2. The summed E-state index contributed by atoms with van der Waals surface area (Å²) in [6.45, 7) is 0.404. The minimum absolute atomic E-state index is 0.279. The summed E-state index contributed by atoms with van der Waals surface area (Å²) in [7, 11) is 0. The zero-order valence-corrected chi connectivity index (χ0v) is 11.0. The highest BCUT2D eigenvalue weighted by Gasteiger charge is 2.09. The van der Waals surface area contributed by atoms with Gasteiger partial charge in [-0.05, 0) is 17.2 Å². The third-order valence-corrected chi connectivity index (χ3v) is 3.40. The van der Waals surface area contributed by atoms with Gasteiger partial charge in [-0.1, -0.05) is 42.5 Å². The van der Waals surface area contributed by atoms with Gasteiger partial charge < -0.3 is 10.2 Å². The van der Waals surface area contributed by atoms with Gasteiger partial charge >= 0.3 is 0 Å². The number of benzene rings is 2. The van der Waals surface area contributed by atoms with Crippen molar-refractivity contribution in [2.24, 2.45) is 0 Å². The van der Waals surface area contributed by atoms with E-state index in [-0.39, 0.29) is 6.61 Å². The Bertz CT molecular complexity index is 707. The van der Waals surface area contributed by atoms with E-state index in [1.807, 2.05) is 47.3 Å². The smallest absolute Gasteiger partial charge is 0.102 e. The SMILES string of the molecule is OCC(O)c1ccc2cnn(Cc3ccccc3)c2c1. The van der Waals surface area contributed by atoms with Crippen LogP contribution < -0.4 is 0 Å². The molecule has 102 valence electrons. The van der Waals surface area contributed by atoms with Crippen LogP contribution in [0.4, 0.5) is 0 Å². The first-order chi connectivity index (χ1) is 9.78. The van der Waals surface area contributed by atoms with Gasteiger partial charge in [-0.25, -0.2) is 0 Å². The second kappa shape index (κ2) is 5.45. The van der Waals surface area contributed by atoms with Crippen LogP contribution in [0, 0.1) is 0 Å². The summed E-state index contributed by atoms with van der Waals surface area (Å²) in [4.78, 5) is 0. The number of hydrogen-bond acceptors (Lipinski definition) is 3. The lowest BCUT2D eigenvalue weighted by Gasteiger charge is -2.09. The van der Waals surface area contributed by atoms with E-state index >= 15 is 0 Å². The van der Waals surface area contributed by atoms with Crippen molar-refractivity contribution in [1.82, 2.24) is 9.78 Å². The number of aliphatic hydroxyl groups excluding tert-OH is 2. The Morgan fingerprint density at radius 2 is 1.90 bits per heavy atom. The van der Waals surface area contributed by atoms with E-state index in [9.17, 15) is 5.11 Å². The maximum absolute atomic E-state index is 9.73. The second-order valence-electron chi connectivity index (χ2n) is 4.80. The van der Waals surface area contributed by atoms with Crippen LogP contribution in [0.3, 0.4) is 0 Å². The highest BCUT2D eigenvalue weighted by atomic mass is 16.3. The van der Waals surface area contributed by atoms with E-state index in [1.54, 1.807) is 0 Å². The summed E-state index contributed by atoms with van der Waals surface area (Å²) in [6, 6.07) is 15.7. The van der Waals surface area contributed by atoms with Gasteiger partial charge in [0, 0.05) is 5.39 Å². The summed E-state index contributed by atoms with van der Waals surface area (Å²) in [5.41, 5.74) is 2.83. The first-order valence-electron chi connectivity index (χ1n) is 6.56. The highest BCUT2D eigenvalue weighted by molar-refractivity contribution is 5.79. The van der Waals surface area contributed by atoms with Crippen molar-refractivity contribution in [3.63, 3.8) is 0 Å². The van der Waals surface area contributed by atoms with E-state index in [4.69, 9.17) is 5.11 Å². The quantitative estimate of drug-likeness (QED) is 0.762. The van der Waals surface area contributed by atoms with Crippen LogP contribution in [-0.4, -0.2) is 26.6 Å². The molecule has 0 fully saturated rings. The van der Waals surface area contributed by atoms with Gasteiger partial charge in [-0.15, -0.1) is 0 Å². The molecule has 0 aliphatic rings. The molecular weight excluding hydrogens is 252 g/mol. The molecule has 20 heavy (non-hydrogen) atoms. The maximum atomic E-state index is 9.73. The topological polar surface area (TPSA) is 58.3 Å². The van der Waals surface area contributed by atoms with Gasteiger partial charge in [0.15, 0.2) is 0 Å². The van der Waals surface area contributed by atoms with Gasteiger partial charge in [-0.2, -0.15) is 5.10 Å². The summed E-state index contributed by atoms with van der Waals surface area (Å²) < 4.78 is 1.90. The number of hydrogen-bond donors (Lipinski definition) is 2. The van der Waals surface area contributed by atoms with Crippen molar-refractivity contribution >= 4 is 10.9 Å². The van der Waals surface area contributed by atoms with Crippen LogP contribution in [0.5, 0.6) is 0 Å². The summed E-state index contributed by atoms with van der Waals surface area (Å²) in [5.74, 6) is 0. The lowest BCUT2D eigenvalue weighted by molar-refractivity contribution is 0.0957. The summed E-state index contributed by atoms with van der Waals surface area (Å²) >= 11 is 0. The van der Waals surface area contributed by atoms with Crippen LogP contribution in [0.25, 0.3) is 10.9 Å². The Labute approximate surface area is 116 Å². The lowest BCUT2D eigenvalue weighted by atomic mass is 10.1. The molecule has 0 saturated carbocycles. The highest BCUT2D eigenvalue weighted by Crippen LogP contribution is 2.21. The Hall–Kier alpha value is -2.17. The second-order valence-corrected chi connectivity index (χ2v) is 4.80. The fourth-order valence-electron chi connectivity index (χ4n) is 2.28. The van der Waals surface area contributed by atoms with Crippen molar-refractivity contribution in [1.29, 1.82) is 0 Å². The molecule has 0 saturated heterocycles. The Balaban J connectivity index is 1.99. The number of rotatable bonds is 4. The third-order valence-electron chi connectivity index (χ3n) is 3.40. The maximum Gasteiger partial charge on any atom is 0.102 e. The molecule has 0 bridgehead atoms. The molecule has 4 heteroatoms. The third kappa shape index (κ3) is 2.43. The lowest BCUT2D eigenvalue weighted by Crippen LogP contribution is -2.04. The molecule has 0 radical (unpaired) electrons. The van der Waals surface area contributed by atoms with E-state index in [1.165, 1.54) is 5.56 Å². The van der Waals surface area contributed by atoms with Gasteiger partial charge in [0.1, 0.15) is 6.10 Å². The fourth-order valence-corrected chi connectivity index (χ4v) is 2.28. The fraction of sp³-hybridized carbons (Fsp3) is 0.188. The van der Waals surface area contributed by atoms with E-state index < -0.39 is 6.10 Å².